The van der Waals surface area contributed by atoms with Crippen LogP contribution in [-0.2, 0) is 7.05 Å². The molecule has 0 aliphatic carbocycles. The minimum atomic E-state index is -0.346. The summed E-state index contributed by atoms with van der Waals surface area (Å²) in [7, 11) is 5.36. The zero-order valence-corrected chi connectivity index (χ0v) is 14.2. The monoisotopic (exact) mass is 314 g/mol. The molecule has 1 aliphatic heterocycles. The summed E-state index contributed by atoms with van der Waals surface area (Å²) in [5.41, 5.74) is 2.08. The Labute approximate surface area is 136 Å². The number of likely N-dealkylation sites (N-methyl/N-ethyl adjacent to an activating group) is 1. The first-order valence-electron chi connectivity index (χ1n) is 7.57. The number of rotatable bonds is 2. The number of fused-ring (bicyclic) bond motifs is 1. The Kier molecular flexibility index (Phi) is 3.55. The van der Waals surface area contributed by atoms with Crippen molar-refractivity contribution in [2.75, 3.05) is 30.5 Å². The molecule has 0 saturated carbocycles. The lowest BCUT2D eigenvalue weighted by molar-refractivity contribution is 0.0958. The van der Waals surface area contributed by atoms with Crippen molar-refractivity contribution in [1.82, 2.24) is 9.78 Å². The van der Waals surface area contributed by atoms with E-state index >= 15 is 0 Å². The van der Waals surface area contributed by atoms with Gasteiger partial charge in [0, 0.05) is 26.8 Å². The number of anilines is 2. The van der Waals surface area contributed by atoms with Crippen molar-refractivity contribution in [3.63, 3.8) is 0 Å². The number of nitrogens with zero attached hydrogens (tertiary/aromatic N) is 4. The third kappa shape index (κ3) is 2.44. The van der Waals surface area contributed by atoms with Gasteiger partial charge in [-0.2, -0.15) is 0 Å². The third-order valence-corrected chi connectivity index (χ3v) is 4.19. The number of aromatic nitrogens is 2. The Bertz CT molecular complexity index is 751. The van der Waals surface area contributed by atoms with E-state index in [1.807, 2.05) is 36.2 Å². The topological polar surface area (TPSA) is 50.6 Å². The van der Waals surface area contributed by atoms with E-state index in [-0.39, 0.29) is 11.4 Å². The number of ether oxygens (including phenoxy) is 1. The lowest BCUT2D eigenvalue weighted by atomic mass is 9.95. The summed E-state index contributed by atoms with van der Waals surface area (Å²) < 4.78 is 6.86. The Hall–Kier alpha value is -2.50. The highest BCUT2D eigenvalue weighted by molar-refractivity contribution is 6.10. The second kappa shape index (κ2) is 5.30. The van der Waals surface area contributed by atoms with Crippen molar-refractivity contribution in [2.45, 2.75) is 19.4 Å². The van der Waals surface area contributed by atoms with E-state index in [1.165, 1.54) is 7.11 Å². The largest absolute Gasteiger partial charge is 0.479 e. The molecule has 2 heterocycles. The fourth-order valence-electron chi connectivity index (χ4n) is 3.31. The first-order chi connectivity index (χ1) is 10.8. The Morgan fingerprint density at radius 2 is 1.87 bits per heavy atom. The quantitative estimate of drug-likeness (QED) is 0.853. The molecular formula is C17H22N4O2. The minimum Gasteiger partial charge on any atom is -0.479 e. The summed E-state index contributed by atoms with van der Waals surface area (Å²) in [6.07, 6.45) is 1.71. The molecule has 1 aromatic carbocycles. The fraction of sp³-hybridized carbons (Fsp3) is 0.412. The van der Waals surface area contributed by atoms with E-state index in [9.17, 15) is 4.79 Å². The number of aryl methyl sites for hydroxylation is 1. The van der Waals surface area contributed by atoms with Crippen LogP contribution in [0.15, 0.2) is 30.5 Å². The predicted molar refractivity (Wildman–Crippen MR) is 90.4 cm³/mol. The van der Waals surface area contributed by atoms with Crippen LogP contribution in [0, 0.1) is 0 Å². The van der Waals surface area contributed by atoms with Gasteiger partial charge in [-0.25, -0.2) is 0 Å². The van der Waals surface area contributed by atoms with Crippen LogP contribution >= 0.6 is 0 Å². The van der Waals surface area contributed by atoms with Gasteiger partial charge in [0.2, 0.25) is 5.88 Å². The zero-order valence-electron chi connectivity index (χ0n) is 14.2. The van der Waals surface area contributed by atoms with Crippen molar-refractivity contribution in [3.8, 4) is 5.88 Å². The van der Waals surface area contributed by atoms with Crippen molar-refractivity contribution in [2.24, 2.45) is 7.05 Å². The zero-order chi connectivity index (χ0) is 16.8. The highest BCUT2D eigenvalue weighted by atomic mass is 16.5. The highest BCUT2D eigenvalue weighted by Gasteiger charge is 2.40. The molecule has 2 aromatic rings. The molecule has 6 heteroatoms. The Morgan fingerprint density at radius 1 is 1.22 bits per heavy atom. The molecule has 0 unspecified atom stereocenters. The SMILES string of the molecule is COc1nn(C)cc1C(=O)N1c2ccccc2N(C)CC1(C)C. The van der Waals surface area contributed by atoms with Crippen LogP contribution in [-0.4, -0.2) is 41.9 Å². The van der Waals surface area contributed by atoms with Gasteiger partial charge >= 0.3 is 0 Å². The average molecular weight is 314 g/mol. The van der Waals surface area contributed by atoms with Crippen LogP contribution in [0.5, 0.6) is 5.88 Å². The van der Waals surface area contributed by atoms with Crippen molar-refractivity contribution >= 4 is 17.3 Å². The van der Waals surface area contributed by atoms with Gasteiger partial charge < -0.3 is 9.64 Å². The summed E-state index contributed by atoms with van der Waals surface area (Å²) in [5.74, 6) is 0.255. The molecule has 1 aromatic heterocycles. The Morgan fingerprint density at radius 3 is 2.52 bits per heavy atom. The van der Waals surface area contributed by atoms with Gasteiger partial charge in [0.15, 0.2) is 0 Å². The smallest absolute Gasteiger partial charge is 0.266 e. The first-order valence-corrected chi connectivity index (χ1v) is 7.57. The number of hydrogen-bond acceptors (Lipinski definition) is 4. The van der Waals surface area contributed by atoms with Gasteiger partial charge in [-0.15, -0.1) is 5.10 Å². The third-order valence-electron chi connectivity index (χ3n) is 4.19. The van der Waals surface area contributed by atoms with Crippen LogP contribution < -0.4 is 14.5 Å². The number of benzene rings is 1. The summed E-state index contributed by atoms with van der Waals surface area (Å²) >= 11 is 0. The minimum absolute atomic E-state index is 0.0968. The fourth-order valence-corrected chi connectivity index (χ4v) is 3.31. The van der Waals surface area contributed by atoms with Crippen molar-refractivity contribution in [1.29, 1.82) is 0 Å². The van der Waals surface area contributed by atoms with Gasteiger partial charge in [-0.3, -0.25) is 14.4 Å². The maximum atomic E-state index is 13.3. The summed E-state index contributed by atoms with van der Waals surface area (Å²) in [5, 5.41) is 4.20. The van der Waals surface area contributed by atoms with E-state index in [4.69, 9.17) is 4.74 Å². The molecule has 6 nitrogen and oxygen atoms in total. The molecular weight excluding hydrogens is 292 g/mol. The van der Waals surface area contributed by atoms with E-state index in [0.717, 1.165) is 17.9 Å². The van der Waals surface area contributed by atoms with E-state index in [0.29, 0.717) is 11.4 Å². The van der Waals surface area contributed by atoms with Crippen LogP contribution in [0.3, 0.4) is 0 Å². The molecule has 122 valence electrons. The molecule has 23 heavy (non-hydrogen) atoms. The van der Waals surface area contributed by atoms with E-state index in [1.54, 1.807) is 17.9 Å². The molecule has 0 N–H and O–H groups in total. The van der Waals surface area contributed by atoms with Gasteiger partial charge in [0.05, 0.1) is 24.0 Å². The van der Waals surface area contributed by atoms with E-state index < -0.39 is 0 Å². The predicted octanol–water partition coefficient (Wildman–Crippen LogP) is 2.30. The van der Waals surface area contributed by atoms with Gasteiger partial charge in [-0.1, -0.05) is 12.1 Å². The van der Waals surface area contributed by atoms with Crippen LogP contribution in [0.25, 0.3) is 0 Å². The molecule has 1 aliphatic rings. The van der Waals surface area contributed by atoms with E-state index in [2.05, 4.69) is 23.8 Å². The molecule has 3 rings (SSSR count). The maximum absolute atomic E-state index is 13.3. The molecule has 0 radical (unpaired) electrons. The first kappa shape index (κ1) is 15.4. The second-order valence-electron chi connectivity index (χ2n) is 6.52. The summed E-state index contributed by atoms with van der Waals surface area (Å²) in [6, 6.07) is 7.95. The molecule has 0 atom stereocenters. The van der Waals surface area contributed by atoms with Crippen molar-refractivity contribution < 1.29 is 9.53 Å². The summed E-state index contributed by atoms with van der Waals surface area (Å²) in [4.78, 5) is 17.3. The standard InChI is InChI=1S/C17H22N4O2/c1-17(2)11-19(3)13-8-6-7-9-14(13)21(17)16(22)12-10-20(4)18-15(12)23-5/h6-10H,11H2,1-5H3. The number of carbonyl (C=O) groups is 1. The normalized spacial score (nSPS) is 16.2. The molecule has 0 saturated heterocycles. The Balaban J connectivity index is 2.13. The van der Waals surface area contributed by atoms with Crippen LogP contribution in [0.4, 0.5) is 11.4 Å². The molecule has 1 amide bonds. The average Bonchev–Trinajstić information content (AvgIpc) is 2.87. The van der Waals surface area contributed by atoms with Crippen LogP contribution in [0.1, 0.15) is 24.2 Å². The molecule has 0 bridgehead atoms. The van der Waals surface area contributed by atoms with Gasteiger partial charge in [0.1, 0.15) is 5.56 Å². The lowest BCUT2D eigenvalue weighted by Crippen LogP contribution is -2.57. The highest BCUT2D eigenvalue weighted by Crippen LogP contribution is 2.40. The second-order valence-corrected chi connectivity index (χ2v) is 6.52. The number of amides is 1. The molecule has 0 fully saturated rings. The number of carbonyl (C=O) groups excluding carboxylic acids is 1. The molecule has 0 spiro atoms. The number of para-hydroxylation sites is 2. The number of hydrogen-bond donors (Lipinski definition) is 0. The van der Waals surface area contributed by atoms with Crippen LogP contribution in [0.2, 0.25) is 0 Å². The van der Waals surface area contributed by atoms with Gasteiger partial charge in [-0.05, 0) is 26.0 Å². The summed E-state index contributed by atoms with van der Waals surface area (Å²) in [6.45, 7) is 4.89. The number of methoxy groups -OCH3 is 1. The van der Waals surface area contributed by atoms with Crippen molar-refractivity contribution in [3.05, 3.63) is 36.0 Å². The van der Waals surface area contributed by atoms with Gasteiger partial charge in [0.25, 0.3) is 5.91 Å². The maximum Gasteiger partial charge on any atom is 0.266 e. The lowest BCUT2D eigenvalue weighted by Gasteiger charge is -2.47.